The molecule has 6 nitrogen and oxygen atoms in total. The molecule has 0 aliphatic carbocycles. The first kappa shape index (κ1) is 15.8. The zero-order valence-electron chi connectivity index (χ0n) is 11.8. The number of aliphatic carboxylic acids is 1. The minimum Gasteiger partial charge on any atom is -0.495 e. The quantitative estimate of drug-likeness (QED) is 0.750. The van der Waals surface area contributed by atoms with Crippen LogP contribution in [0.4, 0.5) is 10.5 Å². The number of para-hydroxylation sites is 2. The van der Waals surface area contributed by atoms with Crippen molar-refractivity contribution in [3.8, 4) is 5.75 Å². The molecule has 0 unspecified atom stereocenters. The van der Waals surface area contributed by atoms with Crippen LogP contribution in [-0.2, 0) is 4.79 Å². The first-order valence-electron chi connectivity index (χ1n) is 6.42. The van der Waals surface area contributed by atoms with Gasteiger partial charge in [-0.1, -0.05) is 12.1 Å². The number of benzene rings is 1. The highest BCUT2D eigenvalue weighted by atomic mass is 16.5. The number of nitrogens with one attached hydrogen (secondary N) is 1. The molecular formula is C14H20N2O4. The Hall–Kier alpha value is -2.24. The molecule has 20 heavy (non-hydrogen) atoms. The summed E-state index contributed by atoms with van der Waals surface area (Å²) in [5, 5.41) is 11.3. The van der Waals surface area contributed by atoms with Crippen LogP contribution in [0.1, 0.15) is 19.3 Å². The number of rotatable bonds is 7. The van der Waals surface area contributed by atoms with Crippen LogP contribution in [0.3, 0.4) is 0 Å². The molecule has 0 heterocycles. The van der Waals surface area contributed by atoms with Gasteiger partial charge >= 0.3 is 12.0 Å². The van der Waals surface area contributed by atoms with E-state index in [1.54, 1.807) is 26.3 Å². The van der Waals surface area contributed by atoms with E-state index in [9.17, 15) is 9.59 Å². The Morgan fingerprint density at radius 3 is 2.65 bits per heavy atom. The molecule has 0 fully saturated rings. The Morgan fingerprint density at radius 1 is 1.30 bits per heavy atom. The fraction of sp³-hybridized carbons (Fsp3) is 0.429. The number of unbranched alkanes of at least 4 members (excludes halogenated alkanes) is 1. The molecule has 1 aromatic carbocycles. The number of hydrogen-bond donors (Lipinski definition) is 2. The Balaban J connectivity index is 2.44. The van der Waals surface area contributed by atoms with Crippen LogP contribution in [0.25, 0.3) is 0 Å². The van der Waals surface area contributed by atoms with Crippen molar-refractivity contribution in [2.24, 2.45) is 0 Å². The van der Waals surface area contributed by atoms with Crippen molar-refractivity contribution in [1.29, 1.82) is 0 Å². The van der Waals surface area contributed by atoms with Crippen LogP contribution in [0.15, 0.2) is 24.3 Å². The molecule has 0 aliphatic rings. The number of carbonyl (C=O) groups is 2. The average molecular weight is 280 g/mol. The minimum atomic E-state index is -0.817. The molecule has 0 spiro atoms. The average Bonchev–Trinajstić information content (AvgIpc) is 2.45. The maximum absolute atomic E-state index is 12.0. The first-order valence-corrected chi connectivity index (χ1v) is 6.42. The topological polar surface area (TPSA) is 78.9 Å². The summed E-state index contributed by atoms with van der Waals surface area (Å²) in [6.07, 6.45) is 1.31. The molecule has 110 valence electrons. The molecule has 0 saturated heterocycles. The van der Waals surface area contributed by atoms with Crippen LogP contribution < -0.4 is 15.0 Å². The van der Waals surface area contributed by atoms with Crippen LogP contribution >= 0.6 is 0 Å². The number of carboxylic acid groups (broad SMARTS) is 1. The second-order valence-corrected chi connectivity index (χ2v) is 4.31. The van der Waals surface area contributed by atoms with Gasteiger partial charge in [0.1, 0.15) is 5.75 Å². The van der Waals surface area contributed by atoms with E-state index in [-0.39, 0.29) is 12.5 Å². The van der Waals surface area contributed by atoms with E-state index in [0.29, 0.717) is 30.8 Å². The number of nitrogens with zero attached hydrogens (tertiary/aromatic N) is 1. The number of amides is 2. The predicted molar refractivity (Wildman–Crippen MR) is 76.3 cm³/mol. The Kier molecular flexibility index (Phi) is 6.36. The van der Waals surface area contributed by atoms with E-state index in [4.69, 9.17) is 9.84 Å². The van der Waals surface area contributed by atoms with Gasteiger partial charge < -0.3 is 15.2 Å². The monoisotopic (exact) mass is 280 g/mol. The summed E-state index contributed by atoms with van der Waals surface area (Å²) in [6.45, 7) is 0.450. The summed E-state index contributed by atoms with van der Waals surface area (Å²) < 4.78 is 5.20. The Labute approximate surface area is 118 Å². The van der Waals surface area contributed by atoms with E-state index in [1.165, 1.54) is 4.90 Å². The summed E-state index contributed by atoms with van der Waals surface area (Å²) >= 11 is 0. The lowest BCUT2D eigenvalue weighted by Gasteiger charge is -2.20. The zero-order chi connectivity index (χ0) is 15.0. The maximum Gasteiger partial charge on any atom is 0.321 e. The van der Waals surface area contributed by atoms with Gasteiger partial charge in [-0.15, -0.1) is 0 Å². The Morgan fingerprint density at radius 2 is 2.00 bits per heavy atom. The molecule has 0 aliphatic heterocycles. The molecule has 0 bridgehead atoms. The van der Waals surface area contributed by atoms with Crippen molar-refractivity contribution >= 4 is 17.7 Å². The fourth-order valence-electron chi connectivity index (χ4n) is 1.73. The van der Waals surface area contributed by atoms with Crippen LogP contribution in [-0.4, -0.2) is 37.8 Å². The minimum absolute atomic E-state index is 0.123. The molecular weight excluding hydrogens is 260 g/mol. The lowest BCUT2D eigenvalue weighted by atomic mass is 10.2. The standard InChI is InChI=1S/C14H20N2O4/c1-16(11-7-3-4-8-12(11)20-2)14(19)15-10-6-5-9-13(17)18/h3-4,7-8H,5-6,9-10H2,1-2H3,(H,15,19)(H,17,18). The number of urea groups is 1. The van der Waals surface area contributed by atoms with E-state index >= 15 is 0 Å². The summed E-state index contributed by atoms with van der Waals surface area (Å²) in [6, 6.07) is 6.99. The fourth-order valence-corrected chi connectivity index (χ4v) is 1.73. The number of methoxy groups -OCH3 is 1. The van der Waals surface area contributed by atoms with E-state index in [1.807, 2.05) is 12.1 Å². The van der Waals surface area contributed by atoms with Gasteiger partial charge in [0.25, 0.3) is 0 Å². The number of anilines is 1. The van der Waals surface area contributed by atoms with Crippen molar-refractivity contribution in [2.45, 2.75) is 19.3 Å². The van der Waals surface area contributed by atoms with Crippen molar-refractivity contribution in [3.63, 3.8) is 0 Å². The van der Waals surface area contributed by atoms with Crippen molar-refractivity contribution in [2.75, 3.05) is 25.6 Å². The molecule has 0 atom stereocenters. The number of ether oxygens (including phenoxy) is 1. The van der Waals surface area contributed by atoms with Crippen molar-refractivity contribution < 1.29 is 19.4 Å². The number of carboxylic acids is 1. The summed E-state index contributed by atoms with van der Waals surface area (Å²) in [5.74, 6) is -0.196. The normalized spacial score (nSPS) is 9.90. The lowest BCUT2D eigenvalue weighted by molar-refractivity contribution is -0.137. The molecule has 0 saturated carbocycles. The molecule has 0 aromatic heterocycles. The smallest absolute Gasteiger partial charge is 0.321 e. The van der Waals surface area contributed by atoms with Crippen molar-refractivity contribution in [1.82, 2.24) is 5.32 Å². The number of carbonyl (C=O) groups excluding carboxylic acids is 1. The third-order valence-electron chi connectivity index (χ3n) is 2.84. The van der Waals surface area contributed by atoms with E-state index in [0.717, 1.165) is 0 Å². The van der Waals surface area contributed by atoms with E-state index in [2.05, 4.69) is 5.32 Å². The van der Waals surface area contributed by atoms with E-state index < -0.39 is 5.97 Å². The summed E-state index contributed by atoms with van der Waals surface area (Å²) in [4.78, 5) is 23.8. The largest absolute Gasteiger partial charge is 0.495 e. The van der Waals surface area contributed by atoms with Gasteiger partial charge in [-0.2, -0.15) is 0 Å². The first-order chi connectivity index (χ1) is 9.56. The van der Waals surface area contributed by atoms with Gasteiger partial charge in [-0.05, 0) is 25.0 Å². The highest BCUT2D eigenvalue weighted by molar-refractivity contribution is 5.92. The van der Waals surface area contributed by atoms with Gasteiger partial charge in [0.15, 0.2) is 0 Å². The van der Waals surface area contributed by atoms with Crippen LogP contribution in [0, 0.1) is 0 Å². The van der Waals surface area contributed by atoms with Crippen molar-refractivity contribution in [3.05, 3.63) is 24.3 Å². The van der Waals surface area contributed by atoms with Gasteiger partial charge in [0, 0.05) is 20.0 Å². The van der Waals surface area contributed by atoms with Gasteiger partial charge in [-0.25, -0.2) is 4.79 Å². The van der Waals surface area contributed by atoms with Crippen LogP contribution in [0.2, 0.25) is 0 Å². The zero-order valence-corrected chi connectivity index (χ0v) is 11.8. The molecule has 1 rings (SSSR count). The van der Waals surface area contributed by atoms with Crippen LogP contribution in [0.5, 0.6) is 5.75 Å². The summed E-state index contributed by atoms with van der Waals surface area (Å²) in [7, 11) is 3.21. The van der Waals surface area contributed by atoms with Gasteiger partial charge in [0.05, 0.1) is 12.8 Å². The molecule has 0 radical (unpaired) electrons. The lowest BCUT2D eigenvalue weighted by Crippen LogP contribution is -2.37. The molecule has 2 amide bonds. The maximum atomic E-state index is 12.0. The predicted octanol–water partition coefficient (Wildman–Crippen LogP) is 2.10. The summed E-state index contributed by atoms with van der Waals surface area (Å²) in [5.41, 5.74) is 0.679. The highest BCUT2D eigenvalue weighted by Crippen LogP contribution is 2.26. The SMILES string of the molecule is COc1ccccc1N(C)C(=O)NCCCCC(=O)O. The second-order valence-electron chi connectivity index (χ2n) is 4.31. The number of hydrogen-bond acceptors (Lipinski definition) is 3. The molecule has 1 aromatic rings. The highest BCUT2D eigenvalue weighted by Gasteiger charge is 2.13. The third-order valence-corrected chi connectivity index (χ3v) is 2.84. The molecule has 2 N–H and O–H groups in total. The molecule has 6 heteroatoms. The third kappa shape index (κ3) is 4.79. The van der Waals surface area contributed by atoms with Gasteiger partial charge in [-0.3, -0.25) is 9.69 Å². The Bertz CT molecular complexity index is 462. The second kappa shape index (κ2) is 8.04. The van der Waals surface area contributed by atoms with Gasteiger partial charge in [0.2, 0.25) is 0 Å².